The average molecular weight is 230 g/mol. The second kappa shape index (κ2) is 3.99. The van der Waals surface area contributed by atoms with Gasteiger partial charge in [-0.3, -0.25) is 0 Å². The molecule has 0 aliphatic heterocycles. The normalized spacial score (nSPS) is 32.8. The zero-order chi connectivity index (χ0) is 10.0. The summed E-state index contributed by atoms with van der Waals surface area (Å²) in [5, 5.41) is 7.20. The van der Waals surface area contributed by atoms with Crippen molar-refractivity contribution in [3.05, 3.63) is 27.3 Å². The molecule has 2 nitrogen and oxygen atoms in total. The van der Waals surface area contributed by atoms with Crippen molar-refractivity contribution in [2.45, 2.75) is 36.6 Å². The summed E-state index contributed by atoms with van der Waals surface area (Å²) in [5.41, 5.74) is 1.06. The minimum atomic E-state index is -0.528. The third-order valence-electron chi connectivity index (χ3n) is 2.92. The van der Waals surface area contributed by atoms with Gasteiger partial charge in [-0.05, 0) is 35.2 Å². The van der Waals surface area contributed by atoms with Crippen LogP contribution in [0, 0.1) is 4.91 Å². The molecular weight excluding hydrogens is 218 g/mol. The fourth-order valence-electron chi connectivity index (χ4n) is 2.09. The lowest BCUT2D eigenvalue weighted by atomic mass is 9.80. The van der Waals surface area contributed by atoms with Gasteiger partial charge in [0.05, 0.1) is 4.87 Å². The number of halogens is 1. The van der Waals surface area contributed by atoms with Crippen molar-refractivity contribution in [1.29, 1.82) is 0 Å². The fraction of sp³-hybridized carbons (Fsp3) is 0.600. The minimum Gasteiger partial charge on any atom is -0.152 e. The molecule has 1 aliphatic rings. The summed E-state index contributed by atoms with van der Waals surface area (Å²) in [7, 11) is 0. The summed E-state index contributed by atoms with van der Waals surface area (Å²) in [4.78, 5) is 10.2. The lowest BCUT2D eigenvalue weighted by molar-refractivity contribution is 0.344. The Hall–Kier alpha value is -0.410. The largest absolute Gasteiger partial charge is 0.152 e. The summed E-state index contributed by atoms with van der Waals surface area (Å²) in [6, 6.07) is 1.74. The Morgan fingerprint density at radius 1 is 1.57 bits per heavy atom. The van der Waals surface area contributed by atoms with Crippen LogP contribution in [0.2, 0.25) is 0 Å². The molecule has 0 spiro atoms. The third-order valence-corrected chi connectivity index (χ3v) is 4.27. The van der Waals surface area contributed by atoms with Crippen LogP contribution in [-0.2, 0) is 4.87 Å². The number of rotatable bonds is 2. The van der Waals surface area contributed by atoms with E-state index in [1.54, 1.807) is 11.3 Å². The number of hydrogen-bond donors (Lipinski definition) is 0. The molecule has 2 rings (SSSR count). The van der Waals surface area contributed by atoms with Crippen molar-refractivity contribution in [3.8, 4) is 0 Å². The van der Waals surface area contributed by atoms with Gasteiger partial charge in [0.25, 0.3) is 0 Å². The van der Waals surface area contributed by atoms with Crippen molar-refractivity contribution < 1.29 is 0 Å². The Labute approximate surface area is 92.3 Å². The van der Waals surface area contributed by atoms with Crippen LogP contribution < -0.4 is 0 Å². The molecule has 1 heterocycles. The predicted molar refractivity (Wildman–Crippen MR) is 59.9 cm³/mol. The van der Waals surface area contributed by atoms with E-state index in [0.717, 1.165) is 31.2 Å². The minimum absolute atomic E-state index is 0.257. The van der Waals surface area contributed by atoms with Crippen molar-refractivity contribution in [1.82, 2.24) is 0 Å². The Bertz CT molecular complexity index is 314. The Kier molecular flexibility index (Phi) is 2.88. The second-order valence-corrected chi connectivity index (χ2v) is 5.20. The summed E-state index contributed by atoms with van der Waals surface area (Å²) >= 11 is 8.14. The first-order valence-corrected chi connectivity index (χ1v) is 6.13. The quantitative estimate of drug-likeness (QED) is 0.559. The maximum atomic E-state index is 10.7. The van der Waals surface area contributed by atoms with Crippen LogP contribution in [-0.4, -0.2) is 6.04 Å². The van der Waals surface area contributed by atoms with Crippen LogP contribution in [0.1, 0.15) is 31.2 Å². The molecule has 76 valence electrons. The average Bonchev–Trinajstić information content (AvgIpc) is 2.72. The molecule has 0 amide bonds. The highest BCUT2D eigenvalue weighted by Gasteiger charge is 2.41. The standard InChI is InChI=1S/C10H12ClNOS/c11-10(8-4-6-14-7-8)5-2-1-3-9(10)12-13/h4,6-7,9H,1-3,5H2. The maximum absolute atomic E-state index is 10.7. The van der Waals surface area contributed by atoms with E-state index in [4.69, 9.17) is 11.6 Å². The Morgan fingerprint density at radius 2 is 2.43 bits per heavy atom. The van der Waals surface area contributed by atoms with Gasteiger partial charge in [0, 0.05) is 0 Å². The Morgan fingerprint density at radius 3 is 3.07 bits per heavy atom. The van der Waals surface area contributed by atoms with Gasteiger partial charge in [-0.1, -0.05) is 18.0 Å². The zero-order valence-electron chi connectivity index (χ0n) is 7.78. The monoisotopic (exact) mass is 229 g/mol. The van der Waals surface area contributed by atoms with Gasteiger partial charge in [0.1, 0.15) is 6.04 Å². The third kappa shape index (κ3) is 1.59. The van der Waals surface area contributed by atoms with E-state index < -0.39 is 4.87 Å². The maximum Gasteiger partial charge on any atom is 0.115 e. The van der Waals surface area contributed by atoms with Crippen LogP contribution in [0.3, 0.4) is 0 Å². The van der Waals surface area contributed by atoms with Crippen molar-refractivity contribution in [2.75, 3.05) is 0 Å². The molecular formula is C10H12ClNOS. The Balaban J connectivity index is 2.31. The molecule has 1 aliphatic carbocycles. The van der Waals surface area contributed by atoms with E-state index in [1.807, 2.05) is 16.8 Å². The van der Waals surface area contributed by atoms with Crippen LogP contribution in [0.15, 0.2) is 22.0 Å². The molecule has 1 saturated carbocycles. The number of alkyl halides is 1. The van der Waals surface area contributed by atoms with Gasteiger partial charge in [-0.15, -0.1) is 11.6 Å². The molecule has 0 N–H and O–H groups in total. The van der Waals surface area contributed by atoms with Gasteiger partial charge in [-0.2, -0.15) is 16.2 Å². The molecule has 2 unspecified atom stereocenters. The van der Waals surface area contributed by atoms with Crippen LogP contribution in [0.5, 0.6) is 0 Å². The highest BCUT2D eigenvalue weighted by Crippen LogP contribution is 2.45. The van der Waals surface area contributed by atoms with Crippen molar-refractivity contribution in [3.63, 3.8) is 0 Å². The van der Waals surface area contributed by atoms with E-state index in [9.17, 15) is 4.91 Å². The molecule has 0 radical (unpaired) electrons. The zero-order valence-corrected chi connectivity index (χ0v) is 9.35. The number of nitrogens with zero attached hydrogens (tertiary/aromatic N) is 1. The lowest BCUT2D eigenvalue weighted by Gasteiger charge is -2.34. The van der Waals surface area contributed by atoms with E-state index in [0.29, 0.717) is 0 Å². The molecule has 1 fully saturated rings. The molecule has 0 bridgehead atoms. The molecule has 2 atom stereocenters. The van der Waals surface area contributed by atoms with E-state index >= 15 is 0 Å². The van der Waals surface area contributed by atoms with Crippen LogP contribution in [0.4, 0.5) is 0 Å². The number of thiophene rings is 1. The fourth-order valence-corrected chi connectivity index (χ4v) is 3.29. The predicted octanol–water partition coefficient (Wildman–Crippen LogP) is 3.89. The molecule has 1 aromatic heterocycles. The van der Waals surface area contributed by atoms with Gasteiger partial charge in [-0.25, -0.2) is 0 Å². The first-order valence-electron chi connectivity index (χ1n) is 4.81. The van der Waals surface area contributed by atoms with Gasteiger partial charge in [0.15, 0.2) is 0 Å². The van der Waals surface area contributed by atoms with Gasteiger partial charge < -0.3 is 0 Å². The molecule has 0 saturated heterocycles. The van der Waals surface area contributed by atoms with Crippen LogP contribution in [0.25, 0.3) is 0 Å². The molecule has 0 aromatic carbocycles. The van der Waals surface area contributed by atoms with Crippen molar-refractivity contribution in [2.24, 2.45) is 5.18 Å². The molecule has 4 heteroatoms. The lowest BCUT2D eigenvalue weighted by Crippen LogP contribution is -2.35. The second-order valence-electron chi connectivity index (χ2n) is 3.74. The summed E-state index contributed by atoms with van der Waals surface area (Å²) in [5.74, 6) is 0. The molecule has 14 heavy (non-hydrogen) atoms. The first kappa shape index (κ1) is 10.1. The van der Waals surface area contributed by atoms with Crippen LogP contribution >= 0.6 is 22.9 Å². The summed E-state index contributed by atoms with van der Waals surface area (Å²) in [6.45, 7) is 0. The summed E-state index contributed by atoms with van der Waals surface area (Å²) in [6.07, 6.45) is 3.84. The highest BCUT2D eigenvalue weighted by molar-refractivity contribution is 7.08. The van der Waals surface area contributed by atoms with E-state index in [-0.39, 0.29) is 6.04 Å². The first-order chi connectivity index (χ1) is 6.77. The van der Waals surface area contributed by atoms with E-state index in [1.165, 1.54) is 0 Å². The summed E-state index contributed by atoms with van der Waals surface area (Å²) < 4.78 is 0. The number of nitroso groups, excluding NO2 is 1. The van der Waals surface area contributed by atoms with Crippen molar-refractivity contribution >= 4 is 22.9 Å². The van der Waals surface area contributed by atoms with Gasteiger partial charge in [0.2, 0.25) is 0 Å². The number of hydrogen-bond acceptors (Lipinski definition) is 3. The highest BCUT2D eigenvalue weighted by atomic mass is 35.5. The topological polar surface area (TPSA) is 29.4 Å². The smallest absolute Gasteiger partial charge is 0.115 e. The molecule has 1 aromatic rings. The van der Waals surface area contributed by atoms with E-state index in [2.05, 4.69) is 5.18 Å². The SMILES string of the molecule is O=NC1CCCCC1(Cl)c1ccsc1. The van der Waals surface area contributed by atoms with Gasteiger partial charge >= 0.3 is 0 Å².